The molecule has 0 spiro atoms. The average Bonchev–Trinajstić information content (AvgIpc) is 3.15. The number of ether oxygens (including phenoxy) is 3. The van der Waals surface area contributed by atoms with Gasteiger partial charge in [-0.05, 0) is 42.3 Å². The maximum absolute atomic E-state index is 13.5. The Morgan fingerprint density at radius 3 is 2.53 bits per heavy atom. The molecule has 2 heterocycles. The second-order valence-corrected chi connectivity index (χ2v) is 9.23. The number of rotatable bonds is 9. The Balaban J connectivity index is 1.71. The summed E-state index contributed by atoms with van der Waals surface area (Å²) in [7, 11) is 1.53. The van der Waals surface area contributed by atoms with Gasteiger partial charge in [0, 0.05) is 23.6 Å². The average molecular weight is 515 g/mol. The van der Waals surface area contributed by atoms with Crippen LogP contribution in [0, 0.1) is 0 Å². The lowest BCUT2D eigenvalue weighted by atomic mass is 9.95. The molecular weight excluding hydrogens is 484 g/mol. The van der Waals surface area contributed by atoms with Crippen LogP contribution in [-0.4, -0.2) is 69.7 Å². The van der Waals surface area contributed by atoms with E-state index in [-0.39, 0.29) is 5.57 Å². The number of hydrogen-bond donors (Lipinski definition) is 1. The number of likely N-dealkylation sites (tertiary alicyclic amines) is 1. The Labute approximate surface area is 216 Å². The molecule has 0 aliphatic carbocycles. The summed E-state index contributed by atoms with van der Waals surface area (Å²) in [5, 5.41) is 14.0. The molecule has 9 heteroatoms. The van der Waals surface area contributed by atoms with Gasteiger partial charge in [-0.25, -0.2) is 0 Å². The van der Waals surface area contributed by atoms with Crippen LogP contribution in [0.25, 0.3) is 5.76 Å². The van der Waals surface area contributed by atoms with Crippen molar-refractivity contribution in [1.29, 1.82) is 0 Å². The van der Waals surface area contributed by atoms with Crippen LogP contribution in [0.5, 0.6) is 11.5 Å². The third-order valence-electron chi connectivity index (χ3n) is 6.57. The highest BCUT2D eigenvalue weighted by Gasteiger charge is 2.44. The number of Topliss-reactive ketones (excluding diaryl/α,β-unsaturated/α-hetero) is 1. The molecule has 0 aromatic heterocycles. The third-order valence-corrected chi connectivity index (χ3v) is 6.82. The third kappa shape index (κ3) is 5.51. The van der Waals surface area contributed by atoms with Gasteiger partial charge in [-0.2, -0.15) is 0 Å². The summed E-state index contributed by atoms with van der Waals surface area (Å²) in [5.74, 6) is -0.901. The van der Waals surface area contributed by atoms with Crippen LogP contribution in [-0.2, 0) is 14.3 Å². The summed E-state index contributed by atoms with van der Waals surface area (Å²) in [5.41, 5.74) is 0.857. The molecule has 1 atom stereocenters. The SMILES string of the molecule is CCOc1ccc(C2C(=C([O-])c3ccc(Cl)cc3)C(=O)C(=O)N2CCC[NH+]2CCOCC2)cc1OC. The number of morpholine rings is 1. The fourth-order valence-electron chi connectivity index (χ4n) is 4.74. The fourth-order valence-corrected chi connectivity index (χ4v) is 4.87. The van der Waals surface area contributed by atoms with E-state index in [1.165, 1.54) is 16.9 Å². The Morgan fingerprint density at radius 1 is 1.14 bits per heavy atom. The molecule has 8 nitrogen and oxygen atoms in total. The minimum absolute atomic E-state index is 0.0627. The lowest BCUT2D eigenvalue weighted by molar-refractivity contribution is -0.908. The molecule has 2 saturated heterocycles. The van der Waals surface area contributed by atoms with Gasteiger partial charge in [-0.15, -0.1) is 0 Å². The number of hydrogen-bond acceptors (Lipinski definition) is 6. The molecule has 0 bridgehead atoms. The van der Waals surface area contributed by atoms with Crippen molar-refractivity contribution in [3.05, 3.63) is 64.2 Å². The van der Waals surface area contributed by atoms with Crippen LogP contribution in [0.15, 0.2) is 48.0 Å². The van der Waals surface area contributed by atoms with Gasteiger partial charge >= 0.3 is 0 Å². The summed E-state index contributed by atoms with van der Waals surface area (Å²) in [6.45, 7) is 6.80. The van der Waals surface area contributed by atoms with Crippen molar-refractivity contribution in [2.75, 3.05) is 53.1 Å². The van der Waals surface area contributed by atoms with Crippen molar-refractivity contribution in [3.8, 4) is 11.5 Å². The van der Waals surface area contributed by atoms with Crippen LogP contribution < -0.4 is 19.5 Å². The van der Waals surface area contributed by atoms with E-state index in [1.54, 1.807) is 42.5 Å². The summed E-state index contributed by atoms with van der Waals surface area (Å²) in [6.07, 6.45) is 0.696. The standard InChI is InChI=1S/C27H31ClN2O6/c1-3-36-21-10-7-19(17-22(21)34-2)24-23(25(31)18-5-8-20(28)9-6-18)26(32)27(33)30(24)12-4-11-29-13-15-35-16-14-29/h5-10,17,24,31H,3-4,11-16H2,1-2H3. The van der Waals surface area contributed by atoms with E-state index in [0.717, 1.165) is 32.8 Å². The molecule has 2 aliphatic rings. The quantitative estimate of drug-likeness (QED) is 0.308. The first-order chi connectivity index (χ1) is 17.4. The van der Waals surface area contributed by atoms with Crippen LogP contribution >= 0.6 is 11.6 Å². The first-order valence-corrected chi connectivity index (χ1v) is 12.6. The molecule has 36 heavy (non-hydrogen) atoms. The van der Waals surface area contributed by atoms with Crippen LogP contribution in [0.3, 0.4) is 0 Å². The number of nitrogens with zero attached hydrogens (tertiary/aromatic N) is 1. The molecule has 1 N–H and O–H groups in total. The van der Waals surface area contributed by atoms with E-state index in [0.29, 0.717) is 47.2 Å². The summed E-state index contributed by atoms with van der Waals surface area (Å²) >= 11 is 5.99. The normalized spacial score (nSPS) is 20.1. The van der Waals surface area contributed by atoms with Gasteiger partial charge in [-0.1, -0.05) is 35.6 Å². The molecule has 0 radical (unpaired) electrons. The van der Waals surface area contributed by atoms with E-state index in [2.05, 4.69) is 0 Å². The van der Waals surface area contributed by atoms with E-state index in [9.17, 15) is 14.7 Å². The Hall–Kier alpha value is -3.07. The van der Waals surface area contributed by atoms with E-state index in [1.807, 2.05) is 6.92 Å². The van der Waals surface area contributed by atoms with Crippen molar-refractivity contribution in [3.63, 3.8) is 0 Å². The molecule has 1 amide bonds. The minimum atomic E-state index is -0.822. The maximum Gasteiger partial charge on any atom is 0.295 e. The monoisotopic (exact) mass is 514 g/mol. The molecule has 2 aromatic carbocycles. The number of nitrogens with one attached hydrogen (secondary N) is 1. The number of amides is 1. The fraction of sp³-hybridized carbons (Fsp3) is 0.407. The van der Waals surface area contributed by atoms with Gasteiger partial charge in [0.1, 0.15) is 13.1 Å². The molecule has 1 unspecified atom stereocenters. The van der Waals surface area contributed by atoms with Gasteiger partial charge in [0.15, 0.2) is 11.5 Å². The smallest absolute Gasteiger partial charge is 0.295 e. The molecular formula is C27H31ClN2O6. The molecule has 0 saturated carbocycles. The maximum atomic E-state index is 13.5. The zero-order valence-electron chi connectivity index (χ0n) is 20.6. The lowest BCUT2D eigenvalue weighted by Gasteiger charge is -2.29. The molecule has 2 fully saturated rings. The lowest BCUT2D eigenvalue weighted by Crippen LogP contribution is -3.14. The number of carbonyl (C=O) groups excluding carboxylic acids is 2. The highest BCUT2D eigenvalue weighted by atomic mass is 35.5. The van der Waals surface area contributed by atoms with Gasteiger partial charge in [0.25, 0.3) is 5.91 Å². The largest absolute Gasteiger partial charge is 0.872 e. The highest BCUT2D eigenvalue weighted by Crippen LogP contribution is 2.41. The Kier molecular flexibility index (Phi) is 8.51. The second-order valence-electron chi connectivity index (χ2n) is 8.79. The van der Waals surface area contributed by atoms with Crippen molar-refractivity contribution in [1.82, 2.24) is 4.90 Å². The number of benzene rings is 2. The summed E-state index contributed by atoms with van der Waals surface area (Å²) in [6, 6.07) is 10.7. The van der Waals surface area contributed by atoms with Crippen LogP contribution in [0.2, 0.25) is 5.02 Å². The van der Waals surface area contributed by atoms with Crippen molar-refractivity contribution in [2.24, 2.45) is 0 Å². The van der Waals surface area contributed by atoms with E-state index in [4.69, 9.17) is 25.8 Å². The highest BCUT2D eigenvalue weighted by molar-refractivity contribution is 6.46. The van der Waals surface area contributed by atoms with Crippen molar-refractivity contribution in [2.45, 2.75) is 19.4 Å². The first-order valence-electron chi connectivity index (χ1n) is 12.2. The van der Waals surface area contributed by atoms with E-state index < -0.39 is 23.5 Å². The number of methoxy groups -OCH3 is 1. The van der Waals surface area contributed by atoms with Gasteiger partial charge in [0.05, 0.1) is 39.5 Å². The number of quaternary nitrogens is 1. The number of ketones is 1. The predicted molar refractivity (Wildman–Crippen MR) is 133 cm³/mol. The topological polar surface area (TPSA) is 92.6 Å². The van der Waals surface area contributed by atoms with Crippen molar-refractivity contribution < 1.29 is 33.8 Å². The molecule has 2 aromatic rings. The van der Waals surface area contributed by atoms with Gasteiger partial charge < -0.3 is 29.1 Å². The van der Waals surface area contributed by atoms with E-state index >= 15 is 0 Å². The predicted octanol–water partition coefficient (Wildman–Crippen LogP) is 1.28. The van der Waals surface area contributed by atoms with Gasteiger partial charge in [0.2, 0.25) is 5.78 Å². The van der Waals surface area contributed by atoms with Crippen LogP contribution in [0.4, 0.5) is 0 Å². The molecule has 4 rings (SSSR count). The summed E-state index contributed by atoms with van der Waals surface area (Å²) < 4.78 is 16.6. The number of carbonyl (C=O) groups is 2. The number of halogens is 1. The zero-order valence-corrected chi connectivity index (χ0v) is 21.3. The summed E-state index contributed by atoms with van der Waals surface area (Å²) in [4.78, 5) is 29.3. The van der Waals surface area contributed by atoms with Crippen LogP contribution in [0.1, 0.15) is 30.5 Å². The van der Waals surface area contributed by atoms with Gasteiger partial charge in [-0.3, -0.25) is 9.59 Å². The van der Waals surface area contributed by atoms with Crippen molar-refractivity contribution >= 4 is 29.1 Å². The minimum Gasteiger partial charge on any atom is -0.872 e. The second kappa shape index (κ2) is 11.8. The molecule has 2 aliphatic heterocycles. The molecule has 192 valence electrons. The Bertz CT molecular complexity index is 1130. The first kappa shape index (κ1) is 26.0. The zero-order chi connectivity index (χ0) is 25.7. The Morgan fingerprint density at radius 2 is 1.86 bits per heavy atom.